The highest BCUT2D eigenvalue weighted by molar-refractivity contribution is 5.48. The van der Waals surface area contributed by atoms with Gasteiger partial charge in [-0.1, -0.05) is 36.4 Å². The van der Waals surface area contributed by atoms with Crippen molar-refractivity contribution < 1.29 is 5.11 Å². The molecule has 2 N–H and O–H groups in total. The lowest BCUT2D eigenvalue weighted by Gasteiger charge is -2.29. The van der Waals surface area contributed by atoms with Crippen LogP contribution in [0.2, 0.25) is 0 Å². The quantitative estimate of drug-likeness (QED) is 0.842. The molecule has 0 radical (unpaired) electrons. The zero-order chi connectivity index (χ0) is 16.8. The molecule has 0 saturated carbocycles. The SMILES string of the molecule is CC(NCc1ccccc1CO)c1ccc(N2CCCCC2)cc1. The summed E-state index contributed by atoms with van der Waals surface area (Å²) in [7, 11) is 0. The third-order valence-electron chi connectivity index (χ3n) is 5.00. The second kappa shape index (κ2) is 8.32. The second-order valence-electron chi connectivity index (χ2n) is 6.67. The zero-order valence-electron chi connectivity index (χ0n) is 14.5. The topological polar surface area (TPSA) is 35.5 Å². The number of hydrogen-bond acceptors (Lipinski definition) is 3. The van der Waals surface area contributed by atoms with E-state index in [0.29, 0.717) is 0 Å². The molecule has 0 spiro atoms. The fourth-order valence-corrected chi connectivity index (χ4v) is 3.39. The van der Waals surface area contributed by atoms with Crippen molar-refractivity contribution in [2.45, 2.75) is 45.4 Å². The lowest BCUT2D eigenvalue weighted by molar-refractivity contribution is 0.280. The Labute approximate surface area is 145 Å². The van der Waals surface area contributed by atoms with Crippen molar-refractivity contribution in [3.05, 3.63) is 65.2 Å². The smallest absolute Gasteiger partial charge is 0.0685 e. The van der Waals surface area contributed by atoms with Gasteiger partial charge in [0, 0.05) is 31.4 Å². The van der Waals surface area contributed by atoms with E-state index >= 15 is 0 Å². The van der Waals surface area contributed by atoms with Crippen molar-refractivity contribution in [1.29, 1.82) is 0 Å². The maximum atomic E-state index is 9.42. The third-order valence-corrected chi connectivity index (χ3v) is 5.00. The highest BCUT2D eigenvalue weighted by Crippen LogP contribution is 2.22. The van der Waals surface area contributed by atoms with Crippen LogP contribution in [0.4, 0.5) is 5.69 Å². The number of benzene rings is 2. The lowest BCUT2D eigenvalue weighted by atomic mass is 10.0. The fraction of sp³-hybridized carbons (Fsp3) is 0.429. The minimum Gasteiger partial charge on any atom is -0.392 e. The number of anilines is 1. The van der Waals surface area contributed by atoms with Crippen molar-refractivity contribution in [2.75, 3.05) is 18.0 Å². The van der Waals surface area contributed by atoms with Gasteiger partial charge in [0.2, 0.25) is 0 Å². The van der Waals surface area contributed by atoms with Gasteiger partial charge in [-0.2, -0.15) is 0 Å². The van der Waals surface area contributed by atoms with E-state index < -0.39 is 0 Å². The molecule has 1 heterocycles. The summed E-state index contributed by atoms with van der Waals surface area (Å²) in [5, 5.41) is 13.0. The van der Waals surface area contributed by atoms with Crippen LogP contribution < -0.4 is 10.2 Å². The molecule has 0 bridgehead atoms. The molecular formula is C21H28N2O. The molecule has 1 aliphatic rings. The molecule has 1 saturated heterocycles. The van der Waals surface area contributed by atoms with Crippen LogP contribution in [0.3, 0.4) is 0 Å². The number of aliphatic hydroxyl groups excluding tert-OH is 1. The number of rotatable bonds is 6. The number of aliphatic hydroxyl groups is 1. The van der Waals surface area contributed by atoms with Crippen molar-refractivity contribution in [1.82, 2.24) is 5.32 Å². The minimum atomic E-state index is 0.0940. The minimum absolute atomic E-state index is 0.0940. The summed E-state index contributed by atoms with van der Waals surface area (Å²) in [5.74, 6) is 0. The first-order valence-electron chi connectivity index (χ1n) is 9.04. The van der Waals surface area contributed by atoms with Crippen molar-refractivity contribution >= 4 is 5.69 Å². The molecule has 0 aromatic heterocycles. The predicted octanol–water partition coefficient (Wildman–Crippen LogP) is 4.02. The maximum Gasteiger partial charge on any atom is 0.0685 e. The molecule has 1 aliphatic heterocycles. The monoisotopic (exact) mass is 324 g/mol. The van der Waals surface area contributed by atoms with E-state index in [4.69, 9.17) is 0 Å². The van der Waals surface area contributed by atoms with Gasteiger partial charge in [0.15, 0.2) is 0 Å². The Kier molecular flexibility index (Phi) is 5.89. The number of piperidine rings is 1. The molecule has 3 nitrogen and oxygen atoms in total. The van der Waals surface area contributed by atoms with Crippen LogP contribution >= 0.6 is 0 Å². The Morgan fingerprint density at radius 3 is 2.29 bits per heavy atom. The van der Waals surface area contributed by atoms with Gasteiger partial charge in [0.25, 0.3) is 0 Å². The van der Waals surface area contributed by atoms with Gasteiger partial charge in [0.05, 0.1) is 6.61 Å². The molecule has 2 aromatic carbocycles. The van der Waals surface area contributed by atoms with Gasteiger partial charge in [-0.05, 0) is 55.0 Å². The molecule has 128 valence electrons. The highest BCUT2D eigenvalue weighted by Gasteiger charge is 2.12. The first kappa shape index (κ1) is 17.0. The summed E-state index contributed by atoms with van der Waals surface area (Å²) in [6.45, 7) is 5.43. The summed E-state index contributed by atoms with van der Waals surface area (Å²) in [6.07, 6.45) is 3.98. The molecule has 0 amide bonds. The molecule has 0 aliphatic carbocycles. The highest BCUT2D eigenvalue weighted by atomic mass is 16.3. The van der Waals surface area contributed by atoms with Gasteiger partial charge in [-0.25, -0.2) is 0 Å². The standard InChI is InChI=1S/C21H28N2O/c1-17(22-15-19-7-3-4-8-20(19)16-24)18-9-11-21(12-10-18)23-13-5-2-6-14-23/h3-4,7-12,17,22,24H,2,5-6,13-16H2,1H3. The molecule has 1 unspecified atom stereocenters. The Balaban J connectivity index is 1.59. The second-order valence-corrected chi connectivity index (χ2v) is 6.67. The summed E-state index contributed by atoms with van der Waals surface area (Å²) < 4.78 is 0. The lowest BCUT2D eigenvalue weighted by Crippen LogP contribution is -2.29. The van der Waals surface area contributed by atoms with E-state index in [-0.39, 0.29) is 12.6 Å². The number of nitrogens with zero attached hydrogens (tertiary/aromatic N) is 1. The van der Waals surface area contributed by atoms with Gasteiger partial charge in [0.1, 0.15) is 0 Å². The number of hydrogen-bond donors (Lipinski definition) is 2. The Hall–Kier alpha value is -1.84. The van der Waals surface area contributed by atoms with Crippen LogP contribution in [0.25, 0.3) is 0 Å². The average molecular weight is 324 g/mol. The van der Waals surface area contributed by atoms with Crippen LogP contribution in [0.15, 0.2) is 48.5 Å². The molecular weight excluding hydrogens is 296 g/mol. The molecule has 1 atom stereocenters. The van der Waals surface area contributed by atoms with Gasteiger partial charge in [-0.3, -0.25) is 0 Å². The largest absolute Gasteiger partial charge is 0.392 e. The van der Waals surface area contributed by atoms with Crippen LogP contribution in [0.5, 0.6) is 0 Å². The van der Waals surface area contributed by atoms with E-state index in [1.807, 2.05) is 18.2 Å². The third kappa shape index (κ3) is 4.16. The average Bonchev–Trinajstić information content (AvgIpc) is 2.67. The molecule has 24 heavy (non-hydrogen) atoms. The van der Waals surface area contributed by atoms with Crippen LogP contribution in [-0.4, -0.2) is 18.2 Å². The van der Waals surface area contributed by atoms with Gasteiger partial charge >= 0.3 is 0 Å². The summed E-state index contributed by atoms with van der Waals surface area (Å²) in [5.41, 5.74) is 4.81. The van der Waals surface area contributed by atoms with Crippen molar-refractivity contribution in [2.24, 2.45) is 0 Å². The summed E-state index contributed by atoms with van der Waals surface area (Å²) in [4.78, 5) is 2.49. The van der Waals surface area contributed by atoms with E-state index in [1.165, 1.54) is 43.6 Å². The summed E-state index contributed by atoms with van der Waals surface area (Å²) in [6, 6.07) is 17.3. The number of nitrogens with one attached hydrogen (secondary N) is 1. The van der Waals surface area contributed by atoms with E-state index in [1.54, 1.807) is 0 Å². The molecule has 1 fully saturated rings. The predicted molar refractivity (Wildman–Crippen MR) is 100 cm³/mol. The molecule has 2 aromatic rings. The maximum absolute atomic E-state index is 9.42. The van der Waals surface area contributed by atoms with Gasteiger partial charge in [-0.15, -0.1) is 0 Å². The normalized spacial score (nSPS) is 16.2. The van der Waals surface area contributed by atoms with E-state index in [2.05, 4.69) is 47.5 Å². The van der Waals surface area contributed by atoms with E-state index in [0.717, 1.165) is 17.7 Å². The zero-order valence-corrected chi connectivity index (χ0v) is 14.5. The fourth-order valence-electron chi connectivity index (χ4n) is 3.39. The first-order valence-corrected chi connectivity index (χ1v) is 9.04. The molecule has 3 heteroatoms. The van der Waals surface area contributed by atoms with E-state index in [9.17, 15) is 5.11 Å². The van der Waals surface area contributed by atoms with Crippen LogP contribution in [0.1, 0.15) is 48.9 Å². The van der Waals surface area contributed by atoms with Crippen molar-refractivity contribution in [3.8, 4) is 0 Å². The van der Waals surface area contributed by atoms with Crippen LogP contribution in [0, 0.1) is 0 Å². The van der Waals surface area contributed by atoms with Crippen LogP contribution in [-0.2, 0) is 13.2 Å². The van der Waals surface area contributed by atoms with Gasteiger partial charge < -0.3 is 15.3 Å². The molecule has 3 rings (SSSR count). The Morgan fingerprint density at radius 1 is 0.958 bits per heavy atom. The Morgan fingerprint density at radius 2 is 1.62 bits per heavy atom. The summed E-state index contributed by atoms with van der Waals surface area (Å²) >= 11 is 0. The first-order chi connectivity index (χ1) is 11.8. The Bertz CT molecular complexity index is 633. The van der Waals surface area contributed by atoms with Crippen molar-refractivity contribution in [3.63, 3.8) is 0 Å².